The van der Waals surface area contributed by atoms with E-state index in [0.717, 1.165) is 12.1 Å². The Morgan fingerprint density at radius 1 is 1.40 bits per heavy atom. The monoisotopic (exact) mass is 280 g/mol. The number of carbonyl (C=O) groups excluding carboxylic acids is 1. The lowest BCUT2D eigenvalue weighted by atomic mass is 10.3. The fourth-order valence-electron chi connectivity index (χ4n) is 1.78. The van der Waals surface area contributed by atoms with Crippen molar-refractivity contribution in [3.05, 3.63) is 41.2 Å². The van der Waals surface area contributed by atoms with E-state index in [1.807, 2.05) is 0 Å². The second-order valence-electron chi connectivity index (χ2n) is 4.41. The molecule has 106 valence electrons. The van der Waals surface area contributed by atoms with Gasteiger partial charge in [0, 0.05) is 6.07 Å². The summed E-state index contributed by atoms with van der Waals surface area (Å²) in [6, 6.07) is 2.94. The Bertz CT molecular complexity index is 667. The maximum absolute atomic E-state index is 13.4. The van der Waals surface area contributed by atoms with Crippen molar-refractivity contribution in [2.45, 2.75) is 20.4 Å². The molecular formula is C13H14F2N4O. The summed E-state index contributed by atoms with van der Waals surface area (Å²) in [4.78, 5) is 11.8. The Morgan fingerprint density at radius 2 is 2.10 bits per heavy atom. The molecule has 0 bridgehead atoms. The molecule has 0 unspecified atom stereocenters. The lowest BCUT2D eigenvalue weighted by molar-refractivity contribution is -0.117. The summed E-state index contributed by atoms with van der Waals surface area (Å²) in [5.74, 6) is -2.00. The maximum atomic E-state index is 13.4. The van der Waals surface area contributed by atoms with E-state index in [0.29, 0.717) is 23.1 Å². The number of nitrogens with zero attached hydrogens (tertiary/aromatic N) is 2. The van der Waals surface area contributed by atoms with Gasteiger partial charge in [0.25, 0.3) is 0 Å². The summed E-state index contributed by atoms with van der Waals surface area (Å²) >= 11 is 0. The predicted octanol–water partition coefficient (Wildman–Crippen LogP) is 2.00. The molecule has 0 atom stereocenters. The number of anilines is 2. The molecule has 0 fully saturated rings. The highest BCUT2D eigenvalue weighted by Gasteiger charge is 2.13. The number of rotatable bonds is 3. The van der Waals surface area contributed by atoms with E-state index in [9.17, 15) is 13.6 Å². The van der Waals surface area contributed by atoms with Crippen LogP contribution in [0.1, 0.15) is 11.4 Å². The van der Waals surface area contributed by atoms with Crippen molar-refractivity contribution in [1.29, 1.82) is 0 Å². The quantitative estimate of drug-likeness (QED) is 0.903. The number of aromatic nitrogens is 2. The van der Waals surface area contributed by atoms with Gasteiger partial charge in [-0.3, -0.25) is 9.48 Å². The summed E-state index contributed by atoms with van der Waals surface area (Å²) in [6.45, 7) is 3.37. The number of nitrogens with two attached hydrogens (primary N) is 1. The smallest absolute Gasteiger partial charge is 0.246 e. The summed E-state index contributed by atoms with van der Waals surface area (Å²) < 4.78 is 27.6. The van der Waals surface area contributed by atoms with Crippen molar-refractivity contribution in [1.82, 2.24) is 9.78 Å². The fraction of sp³-hybridized carbons (Fsp3) is 0.231. The average Bonchev–Trinajstić information content (AvgIpc) is 2.61. The van der Waals surface area contributed by atoms with Gasteiger partial charge < -0.3 is 11.1 Å². The molecular weight excluding hydrogens is 266 g/mol. The van der Waals surface area contributed by atoms with Gasteiger partial charge in [-0.1, -0.05) is 0 Å². The molecule has 0 saturated carbocycles. The molecule has 0 aliphatic heterocycles. The number of halogens is 2. The van der Waals surface area contributed by atoms with Crippen molar-refractivity contribution >= 4 is 17.3 Å². The van der Waals surface area contributed by atoms with E-state index >= 15 is 0 Å². The van der Waals surface area contributed by atoms with Crippen molar-refractivity contribution in [2.24, 2.45) is 0 Å². The number of nitrogens with one attached hydrogen (secondary N) is 1. The van der Waals surface area contributed by atoms with Crippen LogP contribution in [0.15, 0.2) is 18.2 Å². The molecule has 0 aliphatic rings. The number of carbonyl (C=O) groups is 1. The first kappa shape index (κ1) is 14.0. The van der Waals surface area contributed by atoms with Gasteiger partial charge in [-0.25, -0.2) is 8.78 Å². The van der Waals surface area contributed by atoms with Crippen molar-refractivity contribution in [2.75, 3.05) is 11.1 Å². The number of aryl methyl sites for hydroxylation is 1. The minimum Gasteiger partial charge on any atom is -0.396 e. The van der Waals surface area contributed by atoms with E-state index in [1.54, 1.807) is 13.8 Å². The number of hydrogen-bond acceptors (Lipinski definition) is 3. The minimum atomic E-state index is -0.828. The Labute approximate surface area is 114 Å². The summed E-state index contributed by atoms with van der Waals surface area (Å²) in [7, 11) is 0. The highest BCUT2D eigenvalue weighted by Crippen LogP contribution is 2.17. The molecule has 2 aromatic rings. The van der Waals surface area contributed by atoms with Crippen molar-refractivity contribution in [3.63, 3.8) is 0 Å². The van der Waals surface area contributed by atoms with Gasteiger partial charge in [-0.05, 0) is 26.0 Å². The lowest BCUT2D eigenvalue weighted by Crippen LogP contribution is -2.21. The third kappa shape index (κ3) is 2.76. The van der Waals surface area contributed by atoms with Crippen LogP contribution in [0.4, 0.5) is 20.2 Å². The van der Waals surface area contributed by atoms with Gasteiger partial charge in [0.1, 0.15) is 18.2 Å². The Kier molecular flexibility index (Phi) is 3.69. The van der Waals surface area contributed by atoms with Crippen LogP contribution in [0.3, 0.4) is 0 Å². The molecule has 20 heavy (non-hydrogen) atoms. The van der Waals surface area contributed by atoms with Gasteiger partial charge in [-0.2, -0.15) is 5.10 Å². The molecule has 1 amide bonds. The molecule has 0 radical (unpaired) electrons. The maximum Gasteiger partial charge on any atom is 0.246 e. The van der Waals surface area contributed by atoms with Crippen molar-refractivity contribution in [3.8, 4) is 0 Å². The Morgan fingerprint density at radius 3 is 2.65 bits per heavy atom. The molecule has 5 nitrogen and oxygen atoms in total. The molecule has 7 heteroatoms. The molecule has 0 aliphatic carbocycles. The van der Waals surface area contributed by atoms with Crippen LogP contribution in [0, 0.1) is 25.5 Å². The summed E-state index contributed by atoms with van der Waals surface area (Å²) in [6.07, 6.45) is 0. The second-order valence-corrected chi connectivity index (χ2v) is 4.41. The summed E-state index contributed by atoms with van der Waals surface area (Å²) in [5.41, 5.74) is 7.49. The lowest BCUT2D eigenvalue weighted by Gasteiger charge is -2.07. The van der Waals surface area contributed by atoms with Gasteiger partial charge in [0.15, 0.2) is 0 Å². The van der Waals surface area contributed by atoms with E-state index < -0.39 is 17.5 Å². The van der Waals surface area contributed by atoms with Gasteiger partial charge in [0.2, 0.25) is 5.91 Å². The minimum absolute atomic E-state index is 0.0779. The predicted molar refractivity (Wildman–Crippen MR) is 71.1 cm³/mol. The van der Waals surface area contributed by atoms with E-state index in [1.165, 1.54) is 4.68 Å². The van der Waals surface area contributed by atoms with Crippen LogP contribution < -0.4 is 11.1 Å². The first-order valence-electron chi connectivity index (χ1n) is 5.93. The first-order chi connectivity index (χ1) is 9.38. The summed E-state index contributed by atoms with van der Waals surface area (Å²) in [5, 5.41) is 6.46. The molecule has 2 rings (SSSR count). The molecule has 1 heterocycles. The Hall–Kier alpha value is -2.44. The number of amides is 1. The average molecular weight is 280 g/mol. The zero-order valence-electron chi connectivity index (χ0n) is 11.1. The SMILES string of the molecule is Cc1nn(CC(=O)Nc2ccc(F)cc2F)c(C)c1N. The molecule has 1 aromatic heterocycles. The topological polar surface area (TPSA) is 72.9 Å². The highest BCUT2D eigenvalue weighted by molar-refractivity contribution is 5.90. The largest absolute Gasteiger partial charge is 0.396 e. The standard InChI is InChI=1S/C13H14F2N4O/c1-7-13(16)8(2)19(18-7)6-12(20)17-11-4-3-9(14)5-10(11)15/h3-5H,6,16H2,1-2H3,(H,17,20). The van der Waals surface area contributed by atoms with Gasteiger partial charge in [0.05, 0.1) is 22.8 Å². The van der Waals surface area contributed by atoms with Crippen LogP contribution in [-0.4, -0.2) is 15.7 Å². The highest BCUT2D eigenvalue weighted by atomic mass is 19.1. The van der Waals surface area contributed by atoms with Gasteiger partial charge in [-0.15, -0.1) is 0 Å². The van der Waals surface area contributed by atoms with Gasteiger partial charge >= 0.3 is 0 Å². The second kappa shape index (κ2) is 5.28. The van der Waals surface area contributed by atoms with Crippen LogP contribution in [0.25, 0.3) is 0 Å². The van der Waals surface area contributed by atoms with E-state index in [4.69, 9.17) is 5.73 Å². The molecule has 0 spiro atoms. The van der Waals surface area contributed by atoms with E-state index in [2.05, 4.69) is 10.4 Å². The molecule has 0 saturated heterocycles. The van der Waals surface area contributed by atoms with Crippen LogP contribution in [0.5, 0.6) is 0 Å². The molecule has 3 N–H and O–H groups in total. The van der Waals surface area contributed by atoms with Crippen molar-refractivity contribution < 1.29 is 13.6 Å². The first-order valence-corrected chi connectivity index (χ1v) is 5.93. The number of nitrogen functional groups attached to an aromatic ring is 1. The zero-order valence-corrected chi connectivity index (χ0v) is 11.1. The normalized spacial score (nSPS) is 10.6. The third-order valence-electron chi connectivity index (χ3n) is 2.94. The number of benzene rings is 1. The fourth-order valence-corrected chi connectivity index (χ4v) is 1.78. The van der Waals surface area contributed by atoms with Crippen LogP contribution in [-0.2, 0) is 11.3 Å². The zero-order chi connectivity index (χ0) is 14.9. The van der Waals surface area contributed by atoms with E-state index in [-0.39, 0.29) is 12.2 Å². The van der Waals surface area contributed by atoms with Crippen LogP contribution in [0.2, 0.25) is 0 Å². The molecule has 1 aromatic carbocycles. The van der Waals surface area contributed by atoms with Crippen LogP contribution >= 0.6 is 0 Å². The number of hydrogen-bond donors (Lipinski definition) is 2. The third-order valence-corrected chi connectivity index (χ3v) is 2.94. The Balaban J connectivity index is 2.11.